The number of aromatic amines is 1. The number of aliphatic imine (C=N–C) groups is 1. The van der Waals surface area contributed by atoms with Gasteiger partial charge >= 0.3 is 0 Å². The fourth-order valence-corrected chi connectivity index (χ4v) is 3.83. The van der Waals surface area contributed by atoms with Crippen molar-refractivity contribution in [3.05, 3.63) is 50.0 Å². The number of Topliss-reactive ketones (excluding diaryl/α,β-unsaturated/α-hetero) is 1. The van der Waals surface area contributed by atoms with E-state index in [1.165, 1.54) is 10.7 Å². The van der Waals surface area contributed by atoms with Crippen LogP contribution in [-0.4, -0.2) is 34.5 Å². The normalized spacial score (nSPS) is 22.8. The Morgan fingerprint density at radius 2 is 2.12 bits per heavy atom. The molecule has 1 saturated heterocycles. The van der Waals surface area contributed by atoms with E-state index in [2.05, 4.69) is 26.0 Å². The van der Waals surface area contributed by atoms with Gasteiger partial charge in [-0.3, -0.25) is 19.4 Å². The molecular formula is C16H13BrFN3O3. The Balaban J connectivity index is 1.98. The SMILES string of the molecule is Cn1[nH]c(=O)c2c1N=C1COCC(=O)C1C2c1ccc(F)c(Br)c1. The summed E-state index contributed by atoms with van der Waals surface area (Å²) in [7, 11) is 1.69. The molecule has 0 aliphatic carbocycles. The third-order valence-corrected chi connectivity index (χ3v) is 5.08. The van der Waals surface area contributed by atoms with Crippen molar-refractivity contribution in [3.8, 4) is 0 Å². The van der Waals surface area contributed by atoms with Gasteiger partial charge in [-0.15, -0.1) is 0 Å². The van der Waals surface area contributed by atoms with Crippen molar-refractivity contribution in [1.82, 2.24) is 9.78 Å². The first-order valence-corrected chi connectivity index (χ1v) is 8.18. The van der Waals surface area contributed by atoms with Gasteiger partial charge in [0.25, 0.3) is 5.56 Å². The van der Waals surface area contributed by atoms with Gasteiger partial charge in [-0.2, -0.15) is 0 Å². The minimum absolute atomic E-state index is 0.0113. The zero-order valence-corrected chi connectivity index (χ0v) is 14.3. The molecule has 2 aliphatic heterocycles. The molecule has 0 saturated carbocycles. The Labute approximate surface area is 144 Å². The van der Waals surface area contributed by atoms with Gasteiger partial charge < -0.3 is 4.74 Å². The highest BCUT2D eigenvalue weighted by Gasteiger charge is 2.43. The molecule has 124 valence electrons. The first kappa shape index (κ1) is 15.5. The van der Waals surface area contributed by atoms with E-state index < -0.39 is 17.7 Å². The first-order valence-electron chi connectivity index (χ1n) is 7.39. The standard InChI is InChI=1S/C16H13BrFN3O3/c1-21-15-14(16(23)20-21)12(7-2-3-9(18)8(17)4-7)13-10(19-15)5-24-6-11(13)22/h2-4,12-13H,5-6H2,1H3,(H,20,23). The minimum atomic E-state index is -0.563. The topological polar surface area (TPSA) is 76.4 Å². The minimum Gasteiger partial charge on any atom is -0.368 e. The number of benzene rings is 1. The van der Waals surface area contributed by atoms with Crippen molar-refractivity contribution in [3.63, 3.8) is 0 Å². The third-order valence-electron chi connectivity index (χ3n) is 4.47. The molecule has 1 aromatic carbocycles. The number of H-pyrrole nitrogens is 1. The van der Waals surface area contributed by atoms with Crippen LogP contribution in [0.4, 0.5) is 10.2 Å². The maximum atomic E-state index is 13.6. The molecule has 0 radical (unpaired) electrons. The van der Waals surface area contributed by atoms with Gasteiger partial charge in [0, 0.05) is 13.0 Å². The number of fused-ring (bicyclic) bond motifs is 2. The summed E-state index contributed by atoms with van der Waals surface area (Å²) in [6, 6.07) is 4.54. The summed E-state index contributed by atoms with van der Waals surface area (Å²) < 4.78 is 20.7. The maximum Gasteiger partial charge on any atom is 0.270 e. The van der Waals surface area contributed by atoms with Crippen LogP contribution in [0.2, 0.25) is 0 Å². The van der Waals surface area contributed by atoms with E-state index in [0.717, 1.165) is 0 Å². The molecule has 1 N–H and O–H groups in total. The first-order chi connectivity index (χ1) is 11.5. The predicted octanol–water partition coefficient (Wildman–Crippen LogP) is 2.05. The van der Waals surface area contributed by atoms with Gasteiger partial charge in [-0.05, 0) is 33.6 Å². The van der Waals surface area contributed by atoms with Gasteiger partial charge in [0.1, 0.15) is 12.4 Å². The van der Waals surface area contributed by atoms with E-state index >= 15 is 0 Å². The molecule has 2 aliphatic rings. The summed E-state index contributed by atoms with van der Waals surface area (Å²) in [6.07, 6.45) is 0. The number of ketones is 1. The lowest BCUT2D eigenvalue weighted by molar-refractivity contribution is -0.127. The van der Waals surface area contributed by atoms with Crippen molar-refractivity contribution in [2.24, 2.45) is 18.0 Å². The number of ether oxygens (including phenoxy) is 1. The zero-order valence-electron chi connectivity index (χ0n) is 12.7. The Kier molecular flexibility index (Phi) is 3.54. The molecule has 0 bridgehead atoms. The molecule has 0 spiro atoms. The molecule has 3 heterocycles. The Hall–Kier alpha value is -2.06. The number of nitrogens with one attached hydrogen (secondary N) is 1. The smallest absolute Gasteiger partial charge is 0.270 e. The number of nitrogens with zero attached hydrogens (tertiary/aromatic N) is 2. The molecule has 24 heavy (non-hydrogen) atoms. The van der Waals surface area contributed by atoms with Gasteiger partial charge in [0.2, 0.25) is 0 Å². The van der Waals surface area contributed by atoms with E-state index in [9.17, 15) is 14.0 Å². The number of rotatable bonds is 1. The highest BCUT2D eigenvalue weighted by Crippen LogP contribution is 2.42. The second kappa shape index (κ2) is 5.49. The lowest BCUT2D eigenvalue weighted by Gasteiger charge is -2.33. The van der Waals surface area contributed by atoms with Crippen LogP contribution in [0.3, 0.4) is 0 Å². The molecule has 6 nitrogen and oxygen atoms in total. The fraction of sp³-hybridized carbons (Fsp3) is 0.312. The highest BCUT2D eigenvalue weighted by molar-refractivity contribution is 9.10. The van der Waals surface area contributed by atoms with Crippen molar-refractivity contribution >= 4 is 33.2 Å². The molecular weight excluding hydrogens is 381 g/mol. The molecule has 0 amide bonds. The molecule has 2 atom stereocenters. The van der Waals surface area contributed by atoms with E-state index in [1.54, 1.807) is 19.2 Å². The number of aromatic nitrogens is 2. The lowest BCUT2D eigenvalue weighted by Crippen LogP contribution is -2.43. The summed E-state index contributed by atoms with van der Waals surface area (Å²) in [5, 5.41) is 2.68. The predicted molar refractivity (Wildman–Crippen MR) is 88.4 cm³/mol. The van der Waals surface area contributed by atoms with Gasteiger partial charge in [0.05, 0.1) is 28.3 Å². The monoisotopic (exact) mass is 393 g/mol. The van der Waals surface area contributed by atoms with Gasteiger partial charge in [-0.1, -0.05) is 6.07 Å². The molecule has 2 unspecified atom stereocenters. The fourth-order valence-electron chi connectivity index (χ4n) is 3.43. The number of hydrogen-bond acceptors (Lipinski definition) is 4. The average Bonchev–Trinajstić information content (AvgIpc) is 2.83. The van der Waals surface area contributed by atoms with E-state index in [-0.39, 0.29) is 29.0 Å². The number of hydrogen-bond donors (Lipinski definition) is 1. The number of halogens is 2. The Morgan fingerprint density at radius 1 is 1.33 bits per heavy atom. The van der Waals surface area contributed by atoms with Crippen LogP contribution in [0.15, 0.2) is 32.5 Å². The van der Waals surface area contributed by atoms with Crippen molar-refractivity contribution in [2.75, 3.05) is 13.2 Å². The van der Waals surface area contributed by atoms with Crippen molar-refractivity contribution in [1.29, 1.82) is 0 Å². The molecule has 4 rings (SSSR count). The average molecular weight is 394 g/mol. The van der Waals surface area contributed by atoms with Gasteiger partial charge in [0.15, 0.2) is 11.6 Å². The van der Waals surface area contributed by atoms with Crippen molar-refractivity contribution < 1.29 is 13.9 Å². The summed E-state index contributed by atoms with van der Waals surface area (Å²) in [5.74, 6) is -1.11. The van der Waals surface area contributed by atoms with Crippen LogP contribution in [0.5, 0.6) is 0 Å². The van der Waals surface area contributed by atoms with Gasteiger partial charge in [-0.25, -0.2) is 9.38 Å². The summed E-state index contributed by atoms with van der Waals surface area (Å²) in [5.41, 5.74) is 1.42. The van der Waals surface area contributed by atoms with Crippen LogP contribution in [0.25, 0.3) is 0 Å². The zero-order chi connectivity index (χ0) is 17.0. The Morgan fingerprint density at radius 3 is 2.88 bits per heavy atom. The number of aryl methyl sites for hydroxylation is 1. The summed E-state index contributed by atoms with van der Waals surface area (Å²) >= 11 is 3.17. The maximum absolute atomic E-state index is 13.6. The van der Waals surface area contributed by atoms with E-state index in [4.69, 9.17) is 4.74 Å². The van der Waals surface area contributed by atoms with E-state index in [0.29, 0.717) is 22.7 Å². The van der Waals surface area contributed by atoms with Crippen LogP contribution < -0.4 is 5.56 Å². The third kappa shape index (κ3) is 2.21. The Bertz CT molecular complexity index is 947. The summed E-state index contributed by atoms with van der Waals surface area (Å²) in [4.78, 5) is 29.4. The van der Waals surface area contributed by atoms with Crippen molar-refractivity contribution in [2.45, 2.75) is 5.92 Å². The van der Waals surface area contributed by atoms with E-state index in [1.807, 2.05) is 0 Å². The molecule has 2 aromatic rings. The number of carbonyl (C=O) groups is 1. The quantitative estimate of drug-likeness (QED) is 0.805. The second-order valence-electron chi connectivity index (χ2n) is 5.93. The second-order valence-corrected chi connectivity index (χ2v) is 6.78. The largest absolute Gasteiger partial charge is 0.368 e. The van der Waals surface area contributed by atoms with Crippen LogP contribution in [-0.2, 0) is 16.6 Å². The molecule has 1 aromatic heterocycles. The van der Waals surface area contributed by atoms with Crippen LogP contribution in [0, 0.1) is 11.7 Å². The molecule has 8 heteroatoms. The summed E-state index contributed by atoms with van der Waals surface area (Å²) in [6.45, 7) is 0.233. The highest BCUT2D eigenvalue weighted by atomic mass is 79.9. The van der Waals surface area contributed by atoms with Crippen LogP contribution >= 0.6 is 15.9 Å². The lowest BCUT2D eigenvalue weighted by atomic mass is 9.74. The van der Waals surface area contributed by atoms with Crippen LogP contribution in [0.1, 0.15) is 17.0 Å². The molecule has 1 fully saturated rings. The number of carbonyl (C=O) groups excluding carboxylic acids is 1.